The van der Waals surface area contributed by atoms with Gasteiger partial charge in [-0.3, -0.25) is 4.79 Å². The number of amides is 1. The number of rotatable bonds is 9. The Hall–Kier alpha value is -0.320. The average Bonchev–Trinajstić information content (AvgIpc) is 2.43. The van der Waals surface area contributed by atoms with Crippen molar-refractivity contribution in [2.24, 2.45) is 11.8 Å². The molecule has 4 nitrogen and oxygen atoms in total. The van der Waals surface area contributed by atoms with E-state index in [0.717, 1.165) is 32.5 Å². The maximum atomic E-state index is 11.8. The van der Waals surface area contributed by atoms with Gasteiger partial charge in [0.15, 0.2) is 0 Å². The Morgan fingerprint density at radius 2 is 2.05 bits per heavy atom. The van der Waals surface area contributed by atoms with Gasteiger partial charge in [0.2, 0.25) is 5.91 Å². The highest BCUT2D eigenvalue weighted by Gasteiger charge is 2.21. The molecular formula is C15H31ClN2O2. The molecule has 1 saturated heterocycles. The van der Waals surface area contributed by atoms with Crippen LogP contribution in [0.2, 0.25) is 0 Å². The van der Waals surface area contributed by atoms with Crippen LogP contribution >= 0.6 is 12.4 Å². The predicted molar refractivity (Wildman–Crippen MR) is 85.4 cm³/mol. The molecule has 1 aliphatic heterocycles. The summed E-state index contributed by atoms with van der Waals surface area (Å²) in [7, 11) is 0. The lowest BCUT2D eigenvalue weighted by molar-refractivity contribution is -0.122. The zero-order valence-corrected chi connectivity index (χ0v) is 13.8. The van der Waals surface area contributed by atoms with Crippen LogP contribution in [0.25, 0.3) is 0 Å². The van der Waals surface area contributed by atoms with Gasteiger partial charge >= 0.3 is 0 Å². The van der Waals surface area contributed by atoms with Crippen molar-refractivity contribution in [2.75, 3.05) is 32.8 Å². The van der Waals surface area contributed by atoms with Crippen molar-refractivity contribution >= 4 is 18.3 Å². The number of halogens is 1. The quantitative estimate of drug-likeness (QED) is 0.643. The van der Waals surface area contributed by atoms with Crippen molar-refractivity contribution in [3.63, 3.8) is 0 Å². The summed E-state index contributed by atoms with van der Waals surface area (Å²) >= 11 is 0. The molecule has 1 atom stereocenters. The summed E-state index contributed by atoms with van der Waals surface area (Å²) in [6, 6.07) is 0. The highest BCUT2D eigenvalue weighted by molar-refractivity contribution is 5.85. The molecule has 0 aliphatic carbocycles. The van der Waals surface area contributed by atoms with E-state index in [1.807, 2.05) is 0 Å². The normalized spacial score (nSPS) is 17.3. The Morgan fingerprint density at radius 1 is 1.35 bits per heavy atom. The number of hydrogen-bond acceptors (Lipinski definition) is 3. The Bertz CT molecular complexity index is 246. The monoisotopic (exact) mass is 306 g/mol. The van der Waals surface area contributed by atoms with Gasteiger partial charge in [0.05, 0.1) is 6.61 Å². The molecule has 1 amide bonds. The van der Waals surface area contributed by atoms with Crippen molar-refractivity contribution < 1.29 is 9.53 Å². The first-order valence-electron chi connectivity index (χ1n) is 7.79. The summed E-state index contributed by atoms with van der Waals surface area (Å²) in [6.07, 6.45) is 5.31. The predicted octanol–water partition coefficient (Wildman–Crippen LogP) is 2.37. The van der Waals surface area contributed by atoms with E-state index < -0.39 is 0 Å². The minimum Gasteiger partial charge on any atom is -0.380 e. The molecule has 120 valence electrons. The van der Waals surface area contributed by atoms with E-state index in [1.165, 1.54) is 12.8 Å². The molecule has 0 saturated carbocycles. The molecule has 0 bridgehead atoms. The zero-order chi connectivity index (χ0) is 13.9. The molecule has 1 heterocycles. The summed E-state index contributed by atoms with van der Waals surface area (Å²) in [5.74, 6) is 1.36. The average molecular weight is 307 g/mol. The third kappa shape index (κ3) is 8.77. The second-order valence-electron chi connectivity index (χ2n) is 5.58. The van der Waals surface area contributed by atoms with Gasteiger partial charge < -0.3 is 15.4 Å². The van der Waals surface area contributed by atoms with Gasteiger partial charge in [-0.05, 0) is 44.2 Å². The molecule has 0 aromatic heterocycles. The van der Waals surface area contributed by atoms with Crippen LogP contribution in [0.5, 0.6) is 0 Å². The van der Waals surface area contributed by atoms with Crippen molar-refractivity contribution in [3.8, 4) is 0 Å². The smallest absolute Gasteiger partial charge is 0.220 e. The second kappa shape index (κ2) is 12.4. The number of carbonyl (C=O) groups is 1. The van der Waals surface area contributed by atoms with Crippen molar-refractivity contribution in [1.82, 2.24) is 10.6 Å². The zero-order valence-electron chi connectivity index (χ0n) is 13.0. The summed E-state index contributed by atoms with van der Waals surface area (Å²) < 4.78 is 5.42. The Balaban J connectivity index is 0.00000361. The Kier molecular flexibility index (Phi) is 12.2. The van der Waals surface area contributed by atoms with Crippen LogP contribution in [-0.4, -0.2) is 38.8 Å². The third-order valence-electron chi connectivity index (χ3n) is 3.91. The fraction of sp³-hybridized carbons (Fsp3) is 0.933. The van der Waals surface area contributed by atoms with Crippen molar-refractivity contribution in [2.45, 2.75) is 46.0 Å². The van der Waals surface area contributed by atoms with Gasteiger partial charge in [-0.25, -0.2) is 0 Å². The lowest BCUT2D eigenvalue weighted by Crippen LogP contribution is -2.34. The largest absolute Gasteiger partial charge is 0.380 e. The number of ether oxygens (including phenoxy) is 1. The van der Waals surface area contributed by atoms with Crippen LogP contribution in [0.15, 0.2) is 0 Å². The maximum Gasteiger partial charge on any atom is 0.220 e. The number of nitrogens with one attached hydrogen (secondary N) is 2. The summed E-state index contributed by atoms with van der Waals surface area (Å²) in [4.78, 5) is 11.8. The minimum absolute atomic E-state index is 0. The maximum absolute atomic E-state index is 11.8. The third-order valence-corrected chi connectivity index (χ3v) is 3.91. The number of piperidine rings is 1. The number of carbonyl (C=O) groups excluding carboxylic acids is 1. The van der Waals surface area contributed by atoms with E-state index in [4.69, 9.17) is 4.74 Å². The highest BCUT2D eigenvalue weighted by Crippen LogP contribution is 2.23. The number of hydrogen-bond donors (Lipinski definition) is 2. The Morgan fingerprint density at radius 3 is 2.70 bits per heavy atom. The van der Waals surface area contributed by atoms with E-state index >= 15 is 0 Å². The standard InChI is InChI=1S/C15H30N2O2.ClH/c1-3-4-10-19-11-9-17-15(18)12-13(2)14-5-7-16-8-6-14;/h13-14,16H,3-12H2,1-2H3,(H,17,18);1H. The summed E-state index contributed by atoms with van der Waals surface area (Å²) in [5, 5.41) is 6.31. The van der Waals surface area contributed by atoms with Gasteiger partial charge in [-0.2, -0.15) is 0 Å². The second-order valence-corrected chi connectivity index (χ2v) is 5.58. The molecule has 1 aliphatic rings. The van der Waals surface area contributed by atoms with E-state index in [9.17, 15) is 4.79 Å². The first-order valence-corrected chi connectivity index (χ1v) is 7.79. The summed E-state index contributed by atoms with van der Waals surface area (Å²) in [5.41, 5.74) is 0. The molecular weight excluding hydrogens is 276 g/mol. The molecule has 0 radical (unpaired) electrons. The van der Waals surface area contributed by atoms with Crippen LogP contribution in [0, 0.1) is 11.8 Å². The highest BCUT2D eigenvalue weighted by atomic mass is 35.5. The fourth-order valence-corrected chi connectivity index (χ4v) is 2.56. The first-order chi connectivity index (χ1) is 9.24. The van der Waals surface area contributed by atoms with Crippen LogP contribution < -0.4 is 10.6 Å². The lowest BCUT2D eigenvalue weighted by Gasteiger charge is -2.27. The minimum atomic E-state index is 0. The van der Waals surface area contributed by atoms with E-state index in [1.54, 1.807) is 0 Å². The van der Waals surface area contributed by atoms with Gasteiger partial charge in [-0.1, -0.05) is 20.3 Å². The van der Waals surface area contributed by atoms with Crippen LogP contribution in [0.3, 0.4) is 0 Å². The summed E-state index contributed by atoms with van der Waals surface area (Å²) in [6.45, 7) is 8.62. The van der Waals surface area contributed by atoms with Crippen molar-refractivity contribution in [3.05, 3.63) is 0 Å². The van der Waals surface area contributed by atoms with Crippen molar-refractivity contribution in [1.29, 1.82) is 0 Å². The van der Waals surface area contributed by atoms with E-state index in [-0.39, 0.29) is 18.3 Å². The fourth-order valence-electron chi connectivity index (χ4n) is 2.56. The molecule has 20 heavy (non-hydrogen) atoms. The molecule has 1 unspecified atom stereocenters. The van der Waals surface area contributed by atoms with E-state index in [0.29, 0.717) is 31.4 Å². The molecule has 0 aromatic carbocycles. The topological polar surface area (TPSA) is 50.4 Å². The lowest BCUT2D eigenvalue weighted by atomic mass is 9.84. The molecule has 1 rings (SSSR count). The molecule has 2 N–H and O–H groups in total. The number of unbranched alkanes of at least 4 members (excludes halogenated alkanes) is 1. The van der Waals surface area contributed by atoms with Gasteiger partial charge in [0.1, 0.15) is 0 Å². The van der Waals surface area contributed by atoms with Crippen LogP contribution in [0.4, 0.5) is 0 Å². The van der Waals surface area contributed by atoms with Crippen LogP contribution in [-0.2, 0) is 9.53 Å². The van der Waals surface area contributed by atoms with Gasteiger partial charge in [0, 0.05) is 19.6 Å². The van der Waals surface area contributed by atoms with Gasteiger partial charge in [-0.15, -0.1) is 12.4 Å². The molecule has 1 fully saturated rings. The molecule has 5 heteroatoms. The SMILES string of the molecule is CCCCOCCNC(=O)CC(C)C1CCNCC1.Cl. The molecule has 0 spiro atoms. The Labute approximate surface area is 129 Å². The van der Waals surface area contributed by atoms with Gasteiger partial charge in [0.25, 0.3) is 0 Å². The molecule has 0 aromatic rings. The van der Waals surface area contributed by atoms with E-state index in [2.05, 4.69) is 24.5 Å². The van der Waals surface area contributed by atoms with Crippen LogP contribution in [0.1, 0.15) is 46.0 Å². The first kappa shape index (κ1) is 19.7.